The van der Waals surface area contributed by atoms with Crippen LogP contribution in [-0.4, -0.2) is 47.7 Å². The van der Waals surface area contributed by atoms with Gasteiger partial charge in [0.25, 0.3) is 5.91 Å². The Kier molecular flexibility index (Phi) is 7.61. The lowest BCUT2D eigenvalue weighted by Gasteiger charge is -2.31. The third-order valence-electron chi connectivity index (χ3n) is 5.79. The highest BCUT2D eigenvalue weighted by Crippen LogP contribution is 2.32. The molecular formula is C26H32N4O4. The summed E-state index contributed by atoms with van der Waals surface area (Å²) in [5.41, 5.74) is 2.25. The molecule has 34 heavy (non-hydrogen) atoms. The van der Waals surface area contributed by atoms with Crippen LogP contribution in [0.3, 0.4) is 0 Å². The number of nitrogens with one attached hydrogen (secondary N) is 3. The number of para-hydroxylation sites is 1. The fourth-order valence-corrected chi connectivity index (χ4v) is 3.71. The Morgan fingerprint density at radius 3 is 2.26 bits per heavy atom. The molecule has 0 fully saturated rings. The van der Waals surface area contributed by atoms with Crippen molar-refractivity contribution in [2.75, 3.05) is 19.4 Å². The minimum atomic E-state index is -0.554. The van der Waals surface area contributed by atoms with Gasteiger partial charge in [-0.15, -0.1) is 0 Å². The van der Waals surface area contributed by atoms with Gasteiger partial charge >= 0.3 is 0 Å². The van der Waals surface area contributed by atoms with Crippen molar-refractivity contribution < 1.29 is 19.5 Å². The monoisotopic (exact) mass is 464 g/mol. The molecule has 3 rings (SSSR count). The number of ketones is 1. The van der Waals surface area contributed by atoms with Crippen LogP contribution in [0.15, 0.2) is 59.9 Å². The molecule has 0 bridgehead atoms. The number of Topliss-reactive ketones (excluding diaryl/α,β-unsaturated/α-hetero) is 1. The van der Waals surface area contributed by atoms with Crippen molar-refractivity contribution in [1.29, 1.82) is 0 Å². The van der Waals surface area contributed by atoms with Crippen LogP contribution in [0.5, 0.6) is 5.75 Å². The highest BCUT2D eigenvalue weighted by Gasteiger charge is 2.33. The quantitative estimate of drug-likeness (QED) is 0.424. The summed E-state index contributed by atoms with van der Waals surface area (Å²) in [7, 11) is 3.19. The van der Waals surface area contributed by atoms with Gasteiger partial charge in [0.05, 0.1) is 23.7 Å². The number of rotatable bonds is 9. The number of hydrogen-bond acceptors (Lipinski definition) is 6. The van der Waals surface area contributed by atoms with E-state index in [9.17, 15) is 19.5 Å². The lowest BCUT2D eigenvalue weighted by atomic mass is 9.94. The molecule has 180 valence electrons. The van der Waals surface area contributed by atoms with Gasteiger partial charge in [-0.1, -0.05) is 50.2 Å². The number of phenols is 1. The van der Waals surface area contributed by atoms with E-state index in [2.05, 4.69) is 16.0 Å². The number of amides is 2. The zero-order valence-corrected chi connectivity index (χ0v) is 20.2. The number of carbonyl (C=O) groups excluding carboxylic acids is 3. The van der Waals surface area contributed by atoms with Crippen molar-refractivity contribution in [3.05, 3.63) is 71.1 Å². The van der Waals surface area contributed by atoms with E-state index in [0.717, 1.165) is 5.56 Å². The van der Waals surface area contributed by atoms with Crippen LogP contribution in [-0.2, 0) is 9.59 Å². The number of benzene rings is 2. The van der Waals surface area contributed by atoms with E-state index in [4.69, 9.17) is 0 Å². The Balaban J connectivity index is 1.78. The predicted molar refractivity (Wildman–Crippen MR) is 131 cm³/mol. The van der Waals surface area contributed by atoms with E-state index in [0.29, 0.717) is 5.70 Å². The first-order chi connectivity index (χ1) is 16.1. The molecular weight excluding hydrogens is 432 g/mol. The van der Waals surface area contributed by atoms with Gasteiger partial charge in [0.1, 0.15) is 11.7 Å². The van der Waals surface area contributed by atoms with Crippen LogP contribution < -0.4 is 16.0 Å². The van der Waals surface area contributed by atoms with E-state index in [1.165, 1.54) is 11.0 Å². The predicted octanol–water partition coefficient (Wildman–Crippen LogP) is 3.18. The first-order valence-electron chi connectivity index (χ1n) is 11.3. The van der Waals surface area contributed by atoms with E-state index in [1.807, 2.05) is 51.1 Å². The highest BCUT2D eigenvalue weighted by molar-refractivity contribution is 6.07. The van der Waals surface area contributed by atoms with Gasteiger partial charge in [-0.2, -0.15) is 0 Å². The van der Waals surface area contributed by atoms with Crippen molar-refractivity contribution in [2.24, 2.45) is 5.92 Å². The fraction of sp³-hybridized carbons (Fsp3) is 0.346. The van der Waals surface area contributed by atoms with E-state index >= 15 is 0 Å². The Hall–Kier alpha value is -3.81. The van der Waals surface area contributed by atoms with Crippen LogP contribution in [0, 0.1) is 5.92 Å². The molecule has 0 spiro atoms. The maximum atomic E-state index is 13.0. The van der Waals surface area contributed by atoms with Crippen molar-refractivity contribution >= 4 is 23.3 Å². The van der Waals surface area contributed by atoms with E-state index in [1.54, 1.807) is 26.2 Å². The van der Waals surface area contributed by atoms with Crippen LogP contribution in [0.25, 0.3) is 0 Å². The van der Waals surface area contributed by atoms with Crippen molar-refractivity contribution in [1.82, 2.24) is 15.5 Å². The Morgan fingerprint density at radius 2 is 1.68 bits per heavy atom. The molecule has 1 aliphatic rings. The van der Waals surface area contributed by atoms with Gasteiger partial charge in [-0.05, 0) is 30.5 Å². The smallest absolute Gasteiger partial charge is 0.257 e. The van der Waals surface area contributed by atoms with Gasteiger partial charge in [-0.3, -0.25) is 14.4 Å². The number of hydrogen-bond donors (Lipinski definition) is 4. The number of anilines is 1. The summed E-state index contributed by atoms with van der Waals surface area (Å²) in [6.07, 6.45) is 0.157. The first-order valence-corrected chi connectivity index (χ1v) is 11.3. The number of nitrogens with zero attached hydrogens (tertiary/aromatic N) is 1. The van der Waals surface area contributed by atoms with Crippen LogP contribution in [0.1, 0.15) is 49.2 Å². The molecule has 1 aliphatic carbocycles. The molecule has 2 aromatic rings. The molecule has 0 heterocycles. The zero-order valence-electron chi connectivity index (χ0n) is 20.2. The largest absolute Gasteiger partial charge is 0.505 e. The number of phenolic OH excluding ortho intramolecular Hbond substituents is 1. The number of aromatic hydroxyl groups is 1. The normalized spacial score (nSPS) is 14.8. The van der Waals surface area contributed by atoms with Gasteiger partial charge < -0.3 is 26.0 Å². The van der Waals surface area contributed by atoms with Crippen molar-refractivity contribution in [2.45, 2.75) is 39.3 Å². The third kappa shape index (κ3) is 5.39. The Labute approximate surface area is 200 Å². The van der Waals surface area contributed by atoms with Crippen LogP contribution >= 0.6 is 0 Å². The highest BCUT2D eigenvalue weighted by atomic mass is 16.3. The molecule has 0 saturated heterocycles. The van der Waals surface area contributed by atoms with Crippen molar-refractivity contribution in [3.63, 3.8) is 0 Å². The second-order valence-corrected chi connectivity index (χ2v) is 8.99. The summed E-state index contributed by atoms with van der Waals surface area (Å²) in [6.45, 7) is 5.79. The summed E-state index contributed by atoms with van der Waals surface area (Å²) in [5, 5.41) is 19.8. The Morgan fingerprint density at radius 1 is 1.00 bits per heavy atom. The zero-order chi connectivity index (χ0) is 25.0. The second kappa shape index (κ2) is 10.4. The van der Waals surface area contributed by atoms with Gasteiger partial charge in [0, 0.05) is 19.8 Å². The lowest BCUT2D eigenvalue weighted by molar-refractivity contribution is -0.125. The van der Waals surface area contributed by atoms with E-state index < -0.39 is 6.04 Å². The molecule has 4 N–H and O–H groups in total. The molecule has 8 heteroatoms. The van der Waals surface area contributed by atoms with Gasteiger partial charge in [0.15, 0.2) is 11.5 Å². The molecule has 2 aromatic carbocycles. The van der Waals surface area contributed by atoms with E-state index in [-0.39, 0.29) is 58.7 Å². The SMILES string of the molecule is CC(NC(=O)C(NC1=C(Nc2cccc(C(=O)N(C)C)c2O)C(=O)C1)C(C)C)c1ccccc1. The third-order valence-corrected chi connectivity index (χ3v) is 5.79. The minimum Gasteiger partial charge on any atom is -0.505 e. The molecule has 0 radical (unpaired) electrons. The molecule has 2 atom stereocenters. The molecule has 0 aliphatic heterocycles. The average Bonchev–Trinajstić information content (AvgIpc) is 2.80. The fourth-order valence-electron chi connectivity index (χ4n) is 3.71. The summed E-state index contributed by atoms with van der Waals surface area (Å²) < 4.78 is 0. The number of carbonyl (C=O) groups is 3. The summed E-state index contributed by atoms with van der Waals surface area (Å²) in [5.74, 6) is -0.937. The minimum absolute atomic E-state index is 0.0399. The Bertz CT molecular complexity index is 1110. The first kappa shape index (κ1) is 24.8. The van der Waals surface area contributed by atoms with Crippen LogP contribution in [0.4, 0.5) is 5.69 Å². The van der Waals surface area contributed by atoms with Gasteiger partial charge in [-0.25, -0.2) is 0 Å². The maximum absolute atomic E-state index is 13.0. The molecule has 2 amide bonds. The molecule has 8 nitrogen and oxygen atoms in total. The topological polar surface area (TPSA) is 111 Å². The standard InChI is InChI=1S/C26H32N4O4/c1-15(2)22(25(33)27-16(3)17-10-7-6-8-11-17)29-20-14-21(31)23(20)28-19-13-9-12-18(24(19)32)26(34)30(4)5/h6-13,15-16,22,28-29,32H,14H2,1-5H3,(H,27,33). The molecule has 0 aromatic heterocycles. The summed E-state index contributed by atoms with van der Waals surface area (Å²) in [4.78, 5) is 39.1. The lowest BCUT2D eigenvalue weighted by Crippen LogP contribution is -2.50. The number of allylic oxidation sites excluding steroid dienone is 2. The van der Waals surface area contributed by atoms with Crippen molar-refractivity contribution in [3.8, 4) is 5.75 Å². The maximum Gasteiger partial charge on any atom is 0.257 e. The van der Waals surface area contributed by atoms with Crippen LogP contribution in [0.2, 0.25) is 0 Å². The summed E-state index contributed by atoms with van der Waals surface area (Å²) in [6, 6.07) is 13.7. The van der Waals surface area contributed by atoms with Gasteiger partial charge in [0.2, 0.25) is 5.91 Å². The average molecular weight is 465 g/mol. The second-order valence-electron chi connectivity index (χ2n) is 8.99. The molecule has 2 unspecified atom stereocenters. The summed E-state index contributed by atoms with van der Waals surface area (Å²) >= 11 is 0. The molecule has 0 saturated carbocycles.